The third-order valence-electron chi connectivity index (χ3n) is 2.93. The lowest BCUT2D eigenvalue weighted by molar-refractivity contribution is 0.0940. The van der Waals surface area contributed by atoms with Gasteiger partial charge in [-0.15, -0.1) is 0 Å². The molecule has 4 heteroatoms. The molecule has 0 radical (unpaired) electrons. The fourth-order valence-electron chi connectivity index (χ4n) is 1.98. The predicted octanol–water partition coefficient (Wildman–Crippen LogP) is 2.26. The van der Waals surface area contributed by atoms with Crippen LogP contribution in [0.15, 0.2) is 48.7 Å². The van der Waals surface area contributed by atoms with Crippen molar-refractivity contribution >= 4 is 12.2 Å². The highest BCUT2D eigenvalue weighted by Gasteiger charge is 2.11. The molecule has 1 atom stereocenters. The maximum absolute atomic E-state index is 12.1. The predicted molar refractivity (Wildman–Crippen MR) is 76.7 cm³/mol. The zero-order valence-electron chi connectivity index (χ0n) is 11.2. The largest absolute Gasteiger partial charge is 0.349 e. The van der Waals surface area contributed by atoms with Crippen LogP contribution in [0.5, 0.6) is 0 Å². The van der Waals surface area contributed by atoms with Crippen molar-refractivity contribution in [3.05, 3.63) is 65.5 Å². The van der Waals surface area contributed by atoms with Gasteiger partial charge in [-0.05, 0) is 31.0 Å². The number of nitrogens with zero attached hydrogens (tertiary/aromatic N) is 1. The molecule has 1 aromatic heterocycles. The summed E-state index contributed by atoms with van der Waals surface area (Å²) < 4.78 is 0. The number of carbonyl (C=O) groups excluding carboxylic acids is 2. The Kier molecular flexibility index (Phi) is 4.60. The number of hydrogen-bond acceptors (Lipinski definition) is 3. The summed E-state index contributed by atoms with van der Waals surface area (Å²) in [5, 5.41) is 2.91. The summed E-state index contributed by atoms with van der Waals surface area (Å²) in [6.45, 7) is 1.95. The van der Waals surface area contributed by atoms with E-state index in [1.165, 1.54) is 17.8 Å². The molecule has 4 nitrogen and oxygen atoms in total. The van der Waals surface area contributed by atoms with Gasteiger partial charge >= 0.3 is 0 Å². The van der Waals surface area contributed by atoms with E-state index in [-0.39, 0.29) is 17.6 Å². The van der Waals surface area contributed by atoms with E-state index in [9.17, 15) is 9.59 Å². The summed E-state index contributed by atoms with van der Waals surface area (Å²) >= 11 is 0. The topological polar surface area (TPSA) is 59.1 Å². The van der Waals surface area contributed by atoms with Gasteiger partial charge in [0, 0.05) is 17.8 Å². The molecule has 0 fully saturated rings. The van der Waals surface area contributed by atoms with Gasteiger partial charge in [-0.2, -0.15) is 0 Å². The summed E-state index contributed by atoms with van der Waals surface area (Å²) in [6.07, 6.45) is 2.85. The van der Waals surface area contributed by atoms with Crippen LogP contribution in [0.4, 0.5) is 0 Å². The molecule has 0 bridgehead atoms. The van der Waals surface area contributed by atoms with Gasteiger partial charge < -0.3 is 5.32 Å². The van der Waals surface area contributed by atoms with Crippen molar-refractivity contribution in [2.75, 3.05) is 0 Å². The minimum atomic E-state index is -0.195. The molecular weight excluding hydrogens is 252 g/mol. The van der Waals surface area contributed by atoms with Crippen LogP contribution in [0.25, 0.3) is 0 Å². The number of amides is 1. The minimum absolute atomic E-state index is 0.0118. The van der Waals surface area contributed by atoms with Crippen LogP contribution in [0, 0.1) is 0 Å². The number of carbonyl (C=O) groups is 2. The molecule has 1 amide bonds. The highest BCUT2D eigenvalue weighted by Crippen LogP contribution is 2.05. The smallest absolute Gasteiger partial charge is 0.251 e. The van der Waals surface area contributed by atoms with E-state index < -0.39 is 0 Å². The molecule has 1 unspecified atom stereocenters. The molecule has 1 heterocycles. The number of benzene rings is 1. The van der Waals surface area contributed by atoms with E-state index in [4.69, 9.17) is 0 Å². The van der Waals surface area contributed by atoms with E-state index >= 15 is 0 Å². The summed E-state index contributed by atoms with van der Waals surface area (Å²) in [4.78, 5) is 26.5. The summed E-state index contributed by atoms with van der Waals surface area (Å²) in [7, 11) is 0. The van der Waals surface area contributed by atoms with Gasteiger partial charge in [-0.25, -0.2) is 0 Å². The molecule has 1 N–H and O–H groups in total. The van der Waals surface area contributed by atoms with Crippen LogP contribution in [0.2, 0.25) is 0 Å². The van der Waals surface area contributed by atoms with Crippen LogP contribution >= 0.6 is 0 Å². The van der Waals surface area contributed by atoms with Gasteiger partial charge in [0.2, 0.25) is 0 Å². The zero-order valence-corrected chi connectivity index (χ0v) is 11.2. The van der Waals surface area contributed by atoms with Crippen molar-refractivity contribution in [3.63, 3.8) is 0 Å². The second-order valence-corrected chi connectivity index (χ2v) is 4.65. The molecule has 0 saturated carbocycles. The molecule has 102 valence electrons. The third-order valence-corrected chi connectivity index (χ3v) is 2.93. The first-order valence-electron chi connectivity index (χ1n) is 6.45. The number of hydrogen-bond donors (Lipinski definition) is 1. The number of rotatable bonds is 5. The van der Waals surface area contributed by atoms with Gasteiger partial charge in [-0.3, -0.25) is 14.6 Å². The average Bonchev–Trinajstić information content (AvgIpc) is 2.48. The first kappa shape index (κ1) is 13.9. The first-order chi connectivity index (χ1) is 9.69. The van der Waals surface area contributed by atoms with Crippen LogP contribution in [-0.2, 0) is 6.42 Å². The Morgan fingerprint density at radius 1 is 1.30 bits per heavy atom. The van der Waals surface area contributed by atoms with Crippen molar-refractivity contribution in [2.24, 2.45) is 0 Å². The Balaban J connectivity index is 1.98. The lowest BCUT2D eigenvalue weighted by Crippen LogP contribution is -2.34. The van der Waals surface area contributed by atoms with Crippen LogP contribution < -0.4 is 5.32 Å². The molecule has 0 saturated heterocycles. The molecule has 2 rings (SSSR count). The van der Waals surface area contributed by atoms with E-state index in [1.54, 1.807) is 6.07 Å². The summed E-state index contributed by atoms with van der Waals surface area (Å²) in [6, 6.07) is 13.1. The van der Waals surface area contributed by atoms with Gasteiger partial charge in [0.25, 0.3) is 5.91 Å². The van der Waals surface area contributed by atoms with Crippen LogP contribution in [-0.4, -0.2) is 23.2 Å². The molecule has 0 spiro atoms. The van der Waals surface area contributed by atoms with Crippen molar-refractivity contribution < 1.29 is 9.59 Å². The van der Waals surface area contributed by atoms with Crippen LogP contribution in [0.1, 0.15) is 33.3 Å². The normalized spacial score (nSPS) is 11.7. The van der Waals surface area contributed by atoms with Gasteiger partial charge in [0.05, 0.1) is 0 Å². The number of pyridine rings is 1. The van der Waals surface area contributed by atoms with Gasteiger partial charge in [-0.1, -0.05) is 30.3 Å². The van der Waals surface area contributed by atoms with Gasteiger partial charge in [0.15, 0.2) is 6.29 Å². The molecule has 20 heavy (non-hydrogen) atoms. The molecular formula is C16H16N2O2. The standard InChI is InChI=1S/C16H16N2O2/c1-12(9-13-5-3-2-4-6-13)18-16(20)14-7-8-17-15(10-14)11-19/h2-8,10-12H,9H2,1H3,(H,18,20). The fourth-order valence-corrected chi connectivity index (χ4v) is 1.98. The first-order valence-corrected chi connectivity index (χ1v) is 6.45. The van der Waals surface area contributed by atoms with E-state index in [0.717, 1.165) is 6.42 Å². The van der Waals surface area contributed by atoms with Gasteiger partial charge in [0.1, 0.15) is 5.69 Å². The van der Waals surface area contributed by atoms with Crippen molar-refractivity contribution in [2.45, 2.75) is 19.4 Å². The Bertz CT molecular complexity index is 596. The lowest BCUT2D eigenvalue weighted by atomic mass is 10.1. The number of nitrogens with one attached hydrogen (secondary N) is 1. The van der Waals surface area contributed by atoms with Crippen molar-refractivity contribution in [1.29, 1.82) is 0 Å². The molecule has 2 aromatic rings. The van der Waals surface area contributed by atoms with Crippen LogP contribution in [0.3, 0.4) is 0 Å². The number of aromatic nitrogens is 1. The Hall–Kier alpha value is -2.49. The zero-order chi connectivity index (χ0) is 14.4. The van der Waals surface area contributed by atoms with E-state index in [2.05, 4.69) is 10.3 Å². The summed E-state index contributed by atoms with van der Waals surface area (Å²) in [5.74, 6) is -0.195. The van der Waals surface area contributed by atoms with Crippen molar-refractivity contribution in [3.8, 4) is 0 Å². The lowest BCUT2D eigenvalue weighted by Gasteiger charge is -2.14. The summed E-state index contributed by atoms with van der Waals surface area (Å²) in [5.41, 5.74) is 1.87. The monoisotopic (exact) mass is 268 g/mol. The maximum Gasteiger partial charge on any atom is 0.251 e. The maximum atomic E-state index is 12.1. The highest BCUT2D eigenvalue weighted by molar-refractivity contribution is 5.95. The molecule has 0 aliphatic carbocycles. The Labute approximate surface area is 117 Å². The average molecular weight is 268 g/mol. The molecule has 0 aliphatic rings. The third kappa shape index (κ3) is 3.75. The fraction of sp³-hybridized carbons (Fsp3) is 0.188. The Morgan fingerprint density at radius 2 is 2.05 bits per heavy atom. The molecule has 0 aliphatic heterocycles. The second-order valence-electron chi connectivity index (χ2n) is 4.65. The highest BCUT2D eigenvalue weighted by atomic mass is 16.1. The SMILES string of the molecule is CC(Cc1ccccc1)NC(=O)c1ccnc(C=O)c1. The Morgan fingerprint density at radius 3 is 2.75 bits per heavy atom. The second kappa shape index (κ2) is 6.61. The number of aldehydes is 1. The van der Waals surface area contributed by atoms with E-state index in [1.807, 2.05) is 37.3 Å². The quantitative estimate of drug-likeness (QED) is 0.846. The minimum Gasteiger partial charge on any atom is -0.349 e. The van der Waals surface area contributed by atoms with Crippen molar-refractivity contribution in [1.82, 2.24) is 10.3 Å². The molecule has 1 aromatic carbocycles. The van der Waals surface area contributed by atoms with E-state index in [0.29, 0.717) is 11.8 Å².